The third-order valence-corrected chi connectivity index (χ3v) is 4.81. The fourth-order valence-corrected chi connectivity index (χ4v) is 3.31. The number of rotatable bonds is 7. The number of nitrogens with one attached hydrogen (secondary N) is 1. The van der Waals surface area contributed by atoms with E-state index < -0.39 is 0 Å². The average molecular weight is 363 g/mol. The summed E-state index contributed by atoms with van der Waals surface area (Å²) in [5.74, 6) is 0.843. The van der Waals surface area contributed by atoms with Crippen LogP contribution in [0.25, 0.3) is 5.69 Å². The minimum Gasteiger partial charge on any atom is -0.494 e. The lowest BCUT2D eigenvalue weighted by Crippen LogP contribution is -2.32. The number of hydrogen-bond acceptors (Lipinski definition) is 7. The SMILES string of the molecule is COc1ccc(C)cc1-n1nnnc1SCC(=O)NCC1CCCO1. The van der Waals surface area contributed by atoms with Crippen molar-refractivity contribution in [3.8, 4) is 11.4 Å². The molecule has 0 radical (unpaired) electrons. The van der Waals surface area contributed by atoms with Gasteiger partial charge in [0.2, 0.25) is 11.1 Å². The van der Waals surface area contributed by atoms with Gasteiger partial charge in [0.15, 0.2) is 0 Å². The van der Waals surface area contributed by atoms with Crippen LogP contribution in [0.4, 0.5) is 0 Å². The Bertz CT molecular complexity index is 730. The molecule has 1 saturated heterocycles. The first-order valence-electron chi connectivity index (χ1n) is 8.12. The van der Waals surface area contributed by atoms with Gasteiger partial charge in [-0.2, -0.15) is 4.68 Å². The van der Waals surface area contributed by atoms with Crippen molar-refractivity contribution in [1.29, 1.82) is 0 Å². The maximum Gasteiger partial charge on any atom is 0.230 e. The summed E-state index contributed by atoms with van der Waals surface area (Å²) in [7, 11) is 1.60. The summed E-state index contributed by atoms with van der Waals surface area (Å²) in [4.78, 5) is 12.0. The summed E-state index contributed by atoms with van der Waals surface area (Å²) >= 11 is 1.28. The molecule has 0 aliphatic carbocycles. The number of thioether (sulfide) groups is 1. The van der Waals surface area contributed by atoms with Crippen molar-refractivity contribution in [3.05, 3.63) is 23.8 Å². The molecule has 0 saturated carbocycles. The van der Waals surface area contributed by atoms with Gasteiger partial charge in [-0.1, -0.05) is 17.8 Å². The quantitative estimate of drug-likeness (QED) is 0.743. The fraction of sp³-hybridized carbons (Fsp3) is 0.500. The smallest absolute Gasteiger partial charge is 0.230 e. The Balaban J connectivity index is 1.62. The van der Waals surface area contributed by atoms with Gasteiger partial charge in [0.05, 0.1) is 19.0 Å². The van der Waals surface area contributed by atoms with Crippen LogP contribution in [0, 0.1) is 6.92 Å². The van der Waals surface area contributed by atoms with E-state index in [4.69, 9.17) is 9.47 Å². The van der Waals surface area contributed by atoms with E-state index in [0.29, 0.717) is 17.5 Å². The molecule has 0 spiro atoms. The number of carbonyl (C=O) groups is 1. The zero-order valence-electron chi connectivity index (χ0n) is 14.3. The molecule has 1 aliphatic rings. The summed E-state index contributed by atoms with van der Waals surface area (Å²) in [6, 6.07) is 5.77. The van der Waals surface area contributed by atoms with Gasteiger partial charge in [-0.3, -0.25) is 4.79 Å². The Labute approximate surface area is 150 Å². The number of carbonyl (C=O) groups excluding carboxylic acids is 1. The van der Waals surface area contributed by atoms with E-state index in [-0.39, 0.29) is 17.8 Å². The third kappa shape index (κ3) is 4.49. The summed E-state index contributed by atoms with van der Waals surface area (Å²) in [5.41, 5.74) is 1.81. The van der Waals surface area contributed by atoms with Gasteiger partial charge in [-0.15, -0.1) is 5.10 Å². The molecule has 1 fully saturated rings. The largest absolute Gasteiger partial charge is 0.494 e. The summed E-state index contributed by atoms with van der Waals surface area (Å²) in [6.45, 7) is 3.32. The van der Waals surface area contributed by atoms with Gasteiger partial charge in [-0.05, 0) is 47.9 Å². The number of aromatic nitrogens is 4. The van der Waals surface area contributed by atoms with E-state index in [1.165, 1.54) is 11.8 Å². The second-order valence-electron chi connectivity index (χ2n) is 5.78. The first-order valence-corrected chi connectivity index (χ1v) is 9.10. The molecule has 8 nitrogen and oxygen atoms in total. The molecule has 1 aliphatic heterocycles. The summed E-state index contributed by atoms with van der Waals surface area (Å²) in [5, 5.41) is 15.2. The van der Waals surface area contributed by atoms with E-state index in [1.807, 2.05) is 25.1 Å². The number of aryl methyl sites for hydroxylation is 1. The Hall–Kier alpha value is -2.13. The number of tetrazole rings is 1. The maximum atomic E-state index is 12.0. The Morgan fingerprint density at radius 3 is 3.16 bits per heavy atom. The van der Waals surface area contributed by atoms with E-state index in [0.717, 1.165) is 30.7 Å². The second-order valence-corrected chi connectivity index (χ2v) is 6.72. The number of benzene rings is 1. The molecule has 1 unspecified atom stereocenters. The van der Waals surface area contributed by atoms with Crippen molar-refractivity contribution in [2.24, 2.45) is 0 Å². The van der Waals surface area contributed by atoms with E-state index in [9.17, 15) is 4.79 Å². The lowest BCUT2D eigenvalue weighted by atomic mass is 10.2. The van der Waals surface area contributed by atoms with Crippen LogP contribution < -0.4 is 10.1 Å². The molecule has 2 heterocycles. The minimum absolute atomic E-state index is 0.0637. The van der Waals surface area contributed by atoms with Gasteiger partial charge < -0.3 is 14.8 Å². The van der Waals surface area contributed by atoms with E-state index in [2.05, 4.69) is 20.8 Å². The molecule has 25 heavy (non-hydrogen) atoms. The number of amides is 1. The molecular formula is C16H21N5O3S. The van der Waals surface area contributed by atoms with Gasteiger partial charge in [0, 0.05) is 13.2 Å². The highest BCUT2D eigenvalue weighted by atomic mass is 32.2. The molecule has 1 aromatic heterocycles. The summed E-state index contributed by atoms with van der Waals surface area (Å²) < 4.78 is 12.5. The van der Waals surface area contributed by atoms with Gasteiger partial charge in [0.1, 0.15) is 11.4 Å². The lowest BCUT2D eigenvalue weighted by Gasteiger charge is -2.11. The number of hydrogen-bond donors (Lipinski definition) is 1. The zero-order chi connectivity index (χ0) is 17.6. The Kier molecular flexibility index (Phi) is 5.87. The maximum absolute atomic E-state index is 12.0. The van der Waals surface area contributed by atoms with Crippen molar-refractivity contribution >= 4 is 17.7 Å². The van der Waals surface area contributed by atoms with Crippen LogP contribution in [0.3, 0.4) is 0 Å². The highest BCUT2D eigenvalue weighted by molar-refractivity contribution is 7.99. The Morgan fingerprint density at radius 1 is 1.52 bits per heavy atom. The molecule has 1 amide bonds. The predicted octanol–water partition coefficient (Wildman–Crippen LogP) is 1.37. The molecule has 0 bridgehead atoms. The molecule has 1 N–H and O–H groups in total. The highest BCUT2D eigenvalue weighted by Crippen LogP contribution is 2.26. The van der Waals surface area contributed by atoms with Gasteiger partial charge in [-0.25, -0.2) is 0 Å². The van der Waals surface area contributed by atoms with Crippen LogP contribution in [0.15, 0.2) is 23.4 Å². The summed E-state index contributed by atoms with van der Waals surface area (Å²) in [6.07, 6.45) is 2.19. The van der Waals surface area contributed by atoms with Crippen molar-refractivity contribution in [2.75, 3.05) is 26.0 Å². The zero-order valence-corrected chi connectivity index (χ0v) is 15.1. The third-order valence-electron chi connectivity index (χ3n) is 3.89. The highest BCUT2D eigenvalue weighted by Gasteiger charge is 2.18. The average Bonchev–Trinajstić information content (AvgIpc) is 3.29. The van der Waals surface area contributed by atoms with Crippen LogP contribution in [0.1, 0.15) is 18.4 Å². The van der Waals surface area contributed by atoms with Gasteiger partial charge in [0.25, 0.3) is 0 Å². The topological polar surface area (TPSA) is 91.2 Å². The number of ether oxygens (including phenoxy) is 2. The van der Waals surface area contributed by atoms with Crippen molar-refractivity contribution in [2.45, 2.75) is 31.0 Å². The molecular weight excluding hydrogens is 342 g/mol. The normalized spacial score (nSPS) is 16.8. The standard InChI is InChI=1S/C16H21N5O3S/c1-11-5-6-14(23-2)13(8-11)21-16(18-19-20-21)25-10-15(22)17-9-12-4-3-7-24-12/h5-6,8,12H,3-4,7,9-10H2,1-2H3,(H,17,22). The van der Waals surface area contributed by atoms with Crippen LogP contribution in [0.2, 0.25) is 0 Å². The van der Waals surface area contributed by atoms with Crippen molar-refractivity contribution < 1.29 is 14.3 Å². The fourth-order valence-electron chi connectivity index (χ4n) is 2.60. The Morgan fingerprint density at radius 2 is 2.40 bits per heavy atom. The van der Waals surface area contributed by atoms with Crippen LogP contribution in [-0.2, 0) is 9.53 Å². The van der Waals surface area contributed by atoms with E-state index in [1.54, 1.807) is 11.8 Å². The minimum atomic E-state index is -0.0637. The molecule has 134 valence electrons. The second kappa shape index (κ2) is 8.30. The van der Waals surface area contributed by atoms with E-state index >= 15 is 0 Å². The monoisotopic (exact) mass is 363 g/mol. The van der Waals surface area contributed by atoms with Crippen molar-refractivity contribution in [3.63, 3.8) is 0 Å². The first-order chi connectivity index (χ1) is 12.2. The molecule has 1 atom stereocenters. The van der Waals surface area contributed by atoms with Crippen LogP contribution in [-0.4, -0.2) is 58.2 Å². The van der Waals surface area contributed by atoms with Crippen LogP contribution in [0.5, 0.6) is 5.75 Å². The van der Waals surface area contributed by atoms with Gasteiger partial charge >= 0.3 is 0 Å². The number of nitrogens with zero attached hydrogens (tertiary/aromatic N) is 4. The predicted molar refractivity (Wildman–Crippen MR) is 93.2 cm³/mol. The van der Waals surface area contributed by atoms with Crippen LogP contribution >= 0.6 is 11.8 Å². The lowest BCUT2D eigenvalue weighted by molar-refractivity contribution is -0.119. The molecule has 1 aromatic carbocycles. The molecule has 3 rings (SSSR count). The first kappa shape index (κ1) is 17.7. The number of methoxy groups -OCH3 is 1. The van der Waals surface area contributed by atoms with Crippen molar-refractivity contribution in [1.82, 2.24) is 25.5 Å². The molecule has 2 aromatic rings. The molecule has 9 heteroatoms.